The Bertz CT molecular complexity index is 2490. The van der Waals surface area contributed by atoms with Crippen LogP contribution in [0.4, 0.5) is 31.2 Å². The molecule has 2 aromatic carbocycles. The van der Waals surface area contributed by atoms with Crippen LogP contribution in [0.1, 0.15) is 57.6 Å². The Morgan fingerprint density at radius 2 is 1.52 bits per heavy atom. The fraction of sp³-hybridized carbons (Fsp3) is 0.400. The zero-order chi connectivity index (χ0) is 44.0. The Balaban J connectivity index is 1.16. The summed E-state index contributed by atoms with van der Waals surface area (Å²) in [5.74, 6) is 0.699. The van der Waals surface area contributed by atoms with Crippen LogP contribution in [-0.2, 0) is 23.6 Å². The number of nitrogen functional groups attached to an aromatic ring is 1. The first kappa shape index (κ1) is 42.8. The third-order valence-electron chi connectivity index (χ3n) is 12.1. The number of alkyl halides is 2. The minimum atomic E-state index is -2.90. The van der Waals surface area contributed by atoms with Crippen molar-refractivity contribution in [3.05, 3.63) is 105 Å². The predicted octanol–water partition coefficient (Wildman–Crippen LogP) is 7.61. The van der Waals surface area contributed by atoms with Crippen molar-refractivity contribution in [1.29, 1.82) is 10.5 Å². The van der Waals surface area contributed by atoms with Gasteiger partial charge in [0.1, 0.15) is 46.6 Å². The van der Waals surface area contributed by atoms with Crippen LogP contribution in [-0.4, -0.2) is 87.4 Å². The summed E-state index contributed by atoms with van der Waals surface area (Å²) in [6.07, 6.45) is 1.45. The van der Waals surface area contributed by atoms with Gasteiger partial charge in [-0.3, -0.25) is 0 Å². The van der Waals surface area contributed by atoms with E-state index in [0.29, 0.717) is 42.6 Å². The number of anilines is 4. The van der Waals surface area contributed by atoms with E-state index < -0.39 is 22.1 Å². The minimum Gasteiger partial charge on any atom is -0.497 e. The number of aromatic nitrogens is 3. The van der Waals surface area contributed by atoms with Crippen molar-refractivity contribution in [1.82, 2.24) is 19.9 Å². The van der Waals surface area contributed by atoms with E-state index in [4.69, 9.17) is 34.9 Å². The molecule has 3 aliphatic rings. The number of methoxy groups -OCH3 is 2. The molecule has 0 unspecified atom stereocenters. The first-order chi connectivity index (χ1) is 29.7. The van der Waals surface area contributed by atoms with Gasteiger partial charge in [0.2, 0.25) is 0 Å². The SMILES string of the molecule is COc1ccc(CN(Cc2ccc(OC)cc2)c2ncccc2[C@@H](C)N(C)c2nc(OC[C@]3(CN(C)C)CC3(F)F)nc(N3CC4(C3)SCc3sc(N)c(C#N)c34)c2C#N)cc1. The standard InChI is InChI=1S/C45H48F2N10O3S2/c1-28(33-8-7-17-51-39(33)56(20-29-9-13-31(58-5)14-10-29)21-30-11-15-32(59-6)16-12-30)55(4)40-35(19-49)41(53-42(52-40)60-27-43(24-54(2)3)23-45(43,46)47)57-25-44(26-57)37-34(18-48)38(50)62-36(37)22-61-44/h7-17,28H,20-27,50H2,1-6H3/t28-,43-/m1/s1. The fourth-order valence-electron chi connectivity index (χ4n) is 8.57. The summed E-state index contributed by atoms with van der Waals surface area (Å²) in [6, 6.07) is 23.9. The second-order valence-corrected chi connectivity index (χ2v) is 19.0. The van der Waals surface area contributed by atoms with Crippen LogP contribution >= 0.6 is 23.1 Å². The molecule has 1 saturated carbocycles. The molecular formula is C45H48F2N10O3S2. The first-order valence-electron chi connectivity index (χ1n) is 20.1. The van der Waals surface area contributed by atoms with Gasteiger partial charge in [0, 0.05) is 74.1 Å². The molecule has 1 spiro atoms. The van der Waals surface area contributed by atoms with Crippen molar-refractivity contribution in [3.8, 4) is 29.6 Å². The van der Waals surface area contributed by atoms with Gasteiger partial charge < -0.3 is 39.5 Å². The fourth-order valence-corrected chi connectivity index (χ4v) is 11.4. The zero-order valence-electron chi connectivity index (χ0n) is 35.5. The van der Waals surface area contributed by atoms with Crippen LogP contribution < -0.4 is 34.6 Å². The number of hydrogen-bond acceptors (Lipinski definition) is 15. The summed E-state index contributed by atoms with van der Waals surface area (Å²) in [7, 11) is 8.64. The number of pyridine rings is 1. The molecule has 2 fully saturated rings. The van der Waals surface area contributed by atoms with Gasteiger partial charge in [-0.1, -0.05) is 30.3 Å². The molecule has 8 rings (SSSR count). The number of ether oxygens (including phenoxy) is 3. The molecule has 2 N–H and O–H groups in total. The summed E-state index contributed by atoms with van der Waals surface area (Å²) in [5.41, 5.74) is 9.52. The molecule has 1 aliphatic carbocycles. The summed E-state index contributed by atoms with van der Waals surface area (Å²) in [4.78, 5) is 23.4. The van der Waals surface area contributed by atoms with E-state index in [2.05, 4.69) is 17.0 Å². The quantitative estimate of drug-likeness (QED) is 0.103. The monoisotopic (exact) mass is 878 g/mol. The smallest absolute Gasteiger partial charge is 0.320 e. The molecule has 0 radical (unpaired) electrons. The zero-order valence-corrected chi connectivity index (χ0v) is 37.1. The van der Waals surface area contributed by atoms with E-state index in [-0.39, 0.29) is 37.0 Å². The van der Waals surface area contributed by atoms with Crippen LogP contribution in [0.3, 0.4) is 0 Å². The number of nitriles is 2. The number of halogens is 2. The van der Waals surface area contributed by atoms with Crippen molar-refractivity contribution in [2.24, 2.45) is 5.41 Å². The number of thioether (sulfide) groups is 1. The van der Waals surface area contributed by atoms with Gasteiger partial charge in [-0.15, -0.1) is 23.1 Å². The van der Waals surface area contributed by atoms with Crippen LogP contribution in [0.2, 0.25) is 0 Å². The number of rotatable bonds is 16. The van der Waals surface area contributed by atoms with Gasteiger partial charge in [0.05, 0.1) is 36.0 Å². The number of thiophene rings is 1. The van der Waals surface area contributed by atoms with Gasteiger partial charge in [0.25, 0.3) is 5.92 Å². The summed E-state index contributed by atoms with van der Waals surface area (Å²) in [6.45, 7) is 3.80. The van der Waals surface area contributed by atoms with Crippen LogP contribution in [0.15, 0.2) is 66.9 Å². The lowest BCUT2D eigenvalue weighted by Gasteiger charge is -2.48. The molecule has 5 aromatic rings. The van der Waals surface area contributed by atoms with Crippen molar-refractivity contribution in [2.75, 3.05) is 82.0 Å². The predicted molar refractivity (Wildman–Crippen MR) is 238 cm³/mol. The maximum Gasteiger partial charge on any atom is 0.320 e. The lowest BCUT2D eigenvalue weighted by Crippen LogP contribution is -2.57. The Kier molecular flexibility index (Phi) is 11.6. The second kappa shape index (κ2) is 16.8. The molecule has 1 saturated heterocycles. The van der Waals surface area contributed by atoms with E-state index >= 15 is 0 Å². The van der Waals surface area contributed by atoms with E-state index in [1.807, 2.05) is 84.4 Å². The Morgan fingerprint density at radius 1 is 0.903 bits per heavy atom. The van der Waals surface area contributed by atoms with E-state index in [9.17, 15) is 19.3 Å². The number of benzene rings is 2. The number of nitrogens with two attached hydrogens (primary N) is 1. The molecule has 62 heavy (non-hydrogen) atoms. The molecule has 0 amide bonds. The van der Waals surface area contributed by atoms with Crippen molar-refractivity contribution >= 4 is 45.6 Å². The number of nitrogens with zero attached hydrogens (tertiary/aromatic N) is 9. The largest absolute Gasteiger partial charge is 0.497 e. The van der Waals surface area contributed by atoms with Gasteiger partial charge in [-0.25, -0.2) is 13.8 Å². The highest BCUT2D eigenvalue weighted by atomic mass is 32.2. The molecule has 5 heterocycles. The molecule has 17 heteroatoms. The maximum absolute atomic E-state index is 14.9. The summed E-state index contributed by atoms with van der Waals surface area (Å²) >= 11 is 3.20. The van der Waals surface area contributed by atoms with Crippen molar-refractivity contribution < 1.29 is 23.0 Å². The number of hydrogen-bond donors (Lipinski definition) is 1. The topological polar surface area (TPSA) is 153 Å². The lowest BCUT2D eigenvalue weighted by molar-refractivity contribution is 0.0288. The molecule has 322 valence electrons. The molecular weight excluding hydrogens is 831 g/mol. The average Bonchev–Trinajstić information content (AvgIpc) is 3.46. The summed E-state index contributed by atoms with van der Waals surface area (Å²) < 4.78 is 46.5. The Hall–Kier alpha value is -5.88. The molecule has 2 aliphatic heterocycles. The van der Waals surface area contributed by atoms with Crippen LogP contribution in [0, 0.1) is 28.1 Å². The highest BCUT2D eigenvalue weighted by molar-refractivity contribution is 8.00. The maximum atomic E-state index is 14.9. The van der Waals surface area contributed by atoms with Gasteiger partial charge in [-0.2, -0.15) is 20.5 Å². The second-order valence-electron chi connectivity index (χ2n) is 16.5. The molecule has 2 atom stereocenters. The van der Waals surface area contributed by atoms with Crippen LogP contribution in [0.5, 0.6) is 17.5 Å². The Labute approximate surface area is 368 Å². The average molecular weight is 879 g/mol. The highest BCUT2D eigenvalue weighted by Gasteiger charge is 2.71. The van der Waals surface area contributed by atoms with E-state index in [1.165, 1.54) is 11.3 Å². The van der Waals surface area contributed by atoms with Gasteiger partial charge in [-0.05, 0) is 62.5 Å². The van der Waals surface area contributed by atoms with Crippen LogP contribution in [0.25, 0.3) is 0 Å². The molecule has 13 nitrogen and oxygen atoms in total. The van der Waals surface area contributed by atoms with E-state index in [1.54, 1.807) is 51.2 Å². The number of fused-ring (bicyclic) bond motifs is 2. The molecule has 3 aromatic heterocycles. The third kappa shape index (κ3) is 7.89. The lowest BCUT2D eigenvalue weighted by atomic mass is 9.88. The van der Waals surface area contributed by atoms with Crippen molar-refractivity contribution in [3.63, 3.8) is 0 Å². The van der Waals surface area contributed by atoms with Crippen molar-refractivity contribution in [2.45, 2.75) is 48.9 Å². The van der Waals surface area contributed by atoms with E-state index in [0.717, 1.165) is 50.2 Å². The summed E-state index contributed by atoms with van der Waals surface area (Å²) in [5, 5.41) is 21.4. The Morgan fingerprint density at radius 3 is 2.06 bits per heavy atom. The van der Waals surface area contributed by atoms with Gasteiger partial charge in [0.15, 0.2) is 11.6 Å². The highest BCUT2D eigenvalue weighted by Crippen LogP contribution is 2.61. The third-order valence-corrected chi connectivity index (χ3v) is 14.7. The molecule has 0 bridgehead atoms. The normalized spacial score (nSPS) is 18.3. The minimum absolute atomic E-state index is 0.0980. The first-order valence-corrected chi connectivity index (χ1v) is 21.9. The van der Waals surface area contributed by atoms with Gasteiger partial charge >= 0.3 is 6.01 Å².